The summed E-state index contributed by atoms with van der Waals surface area (Å²) in [6.07, 6.45) is 1.29. The van der Waals surface area contributed by atoms with Gasteiger partial charge in [0.15, 0.2) is 0 Å². The van der Waals surface area contributed by atoms with Gasteiger partial charge in [0.2, 0.25) is 5.91 Å². The van der Waals surface area contributed by atoms with E-state index in [1.165, 1.54) is 0 Å². The third kappa shape index (κ3) is 6.39. The molecule has 1 unspecified atom stereocenters. The summed E-state index contributed by atoms with van der Waals surface area (Å²) < 4.78 is 0. The Morgan fingerprint density at radius 1 is 1.14 bits per heavy atom. The second kappa shape index (κ2) is 8.81. The van der Waals surface area contributed by atoms with Crippen LogP contribution in [0, 0.1) is 0 Å². The SMILES string of the molecule is CCC(C)NC(=O)c1ccc(NC(=O)CCCC(=O)O)cc1. The zero-order valence-corrected chi connectivity index (χ0v) is 12.9. The highest BCUT2D eigenvalue weighted by atomic mass is 16.4. The molecule has 0 saturated heterocycles. The lowest BCUT2D eigenvalue weighted by atomic mass is 10.1. The van der Waals surface area contributed by atoms with Crippen molar-refractivity contribution in [2.45, 2.75) is 45.6 Å². The first-order valence-corrected chi connectivity index (χ1v) is 7.35. The van der Waals surface area contributed by atoms with Crippen molar-refractivity contribution in [3.63, 3.8) is 0 Å². The average molecular weight is 306 g/mol. The molecule has 1 rings (SSSR count). The number of carbonyl (C=O) groups is 3. The number of amides is 2. The summed E-state index contributed by atoms with van der Waals surface area (Å²) >= 11 is 0. The predicted molar refractivity (Wildman–Crippen MR) is 83.8 cm³/mol. The fourth-order valence-electron chi connectivity index (χ4n) is 1.74. The van der Waals surface area contributed by atoms with Crippen molar-refractivity contribution in [1.82, 2.24) is 5.32 Å². The van der Waals surface area contributed by atoms with E-state index in [0.29, 0.717) is 17.7 Å². The summed E-state index contributed by atoms with van der Waals surface area (Å²) in [6, 6.07) is 6.71. The van der Waals surface area contributed by atoms with E-state index in [1.807, 2.05) is 13.8 Å². The first kappa shape index (κ1) is 17.7. The summed E-state index contributed by atoms with van der Waals surface area (Å²) in [6.45, 7) is 3.93. The third-order valence-electron chi connectivity index (χ3n) is 3.22. The van der Waals surface area contributed by atoms with E-state index in [1.54, 1.807) is 24.3 Å². The summed E-state index contributed by atoms with van der Waals surface area (Å²) in [7, 11) is 0. The smallest absolute Gasteiger partial charge is 0.303 e. The monoisotopic (exact) mass is 306 g/mol. The summed E-state index contributed by atoms with van der Waals surface area (Å²) in [4.78, 5) is 33.9. The summed E-state index contributed by atoms with van der Waals surface area (Å²) in [5.41, 5.74) is 1.12. The lowest BCUT2D eigenvalue weighted by Crippen LogP contribution is -2.31. The van der Waals surface area contributed by atoms with Crippen LogP contribution in [-0.2, 0) is 9.59 Å². The van der Waals surface area contributed by atoms with E-state index < -0.39 is 5.97 Å². The number of hydrogen-bond acceptors (Lipinski definition) is 3. The molecule has 0 bridgehead atoms. The number of rotatable bonds is 8. The van der Waals surface area contributed by atoms with Gasteiger partial charge in [-0.3, -0.25) is 14.4 Å². The number of carboxylic acid groups (broad SMARTS) is 1. The predicted octanol–water partition coefficient (Wildman–Crippen LogP) is 2.41. The Labute approximate surface area is 129 Å². The van der Waals surface area contributed by atoms with Crippen LogP contribution in [0.3, 0.4) is 0 Å². The van der Waals surface area contributed by atoms with Gasteiger partial charge in [0.25, 0.3) is 5.91 Å². The van der Waals surface area contributed by atoms with E-state index in [9.17, 15) is 14.4 Å². The van der Waals surface area contributed by atoms with Crippen molar-refractivity contribution in [3.05, 3.63) is 29.8 Å². The van der Waals surface area contributed by atoms with Crippen molar-refractivity contribution in [2.24, 2.45) is 0 Å². The van der Waals surface area contributed by atoms with Gasteiger partial charge in [0, 0.05) is 30.1 Å². The summed E-state index contributed by atoms with van der Waals surface area (Å²) in [5, 5.41) is 14.0. The number of carbonyl (C=O) groups excluding carboxylic acids is 2. The van der Waals surface area contributed by atoms with Crippen LogP contribution in [0.25, 0.3) is 0 Å². The maximum atomic E-state index is 11.9. The number of anilines is 1. The van der Waals surface area contributed by atoms with Gasteiger partial charge in [0.1, 0.15) is 0 Å². The first-order valence-electron chi connectivity index (χ1n) is 7.35. The van der Waals surface area contributed by atoms with Gasteiger partial charge in [-0.2, -0.15) is 0 Å². The number of carboxylic acids is 1. The van der Waals surface area contributed by atoms with Gasteiger partial charge < -0.3 is 15.7 Å². The second-order valence-electron chi connectivity index (χ2n) is 5.16. The Kier molecular flexibility index (Phi) is 7.08. The van der Waals surface area contributed by atoms with Crippen LogP contribution in [0.5, 0.6) is 0 Å². The minimum Gasteiger partial charge on any atom is -0.481 e. The highest BCUT2D eigenvalue weighted by Crippen LogP contribution is 2.11. The van der Waals surface area contributed by atoms with Crippen LogP contribution < -0.4 is 10.6 Å². The highest BCUT2D eigenvalue weighted by Gasteiger charge is 2.09. The van der Waals surface area contributed by atoms with Gasteiger partial charge in [-0.15, -0.1) is 0 Å². The van der Waals surface area contributed by atoms with Gasteiger partial charge >= 0.3 is 5.97 Å². The Balaban J connectivity index is 2.49. The van der Waals surface area contributed by atoms with Crippen molar-refractivity contribution in [2.75, 3.05) is 5.32 Å². The molecular weight excluding hydrogens is 284 g/mol. The molecule has 0 aliphatic rings. The van der Waals surface area contributed by atoms with Crippen molar-refractivity contribution in [3.8, 4) is 0 Å². The van der Waals surface area contributed by atoms with E-state index in [4.69, 9.17) is 5.11 Å². The van der Waals surface area contributed by atoms with E-state index in [-0.39, 0.29) is 30.7 Å². The molecule has 1 atom stereocenters. The normalized spacial score (nSPS) is 11.5. The molecule has 120 valence electrons. The number of benzene rings is 1. The molecular formula is C16H22N2O4. The molecule has 22 heavy (non-hydrogen) atoms. The van der Waals surface area contributed by atoms with Crippen LogP contribution in [-0.4, -0.2) is 28.9 Å². The van der Waals surface area contributed by atoms with E-state index in [0.717, 1.165) is 6.42 Å². The molecule has 1 aromatic rings. The van der Waals surface area contributed by atoms with E-state index in [2.05, 4.69) is 10.6 Å². The van der Waals surface area contributed by atoms with Crippen LogP contribution in [0.2, 0.25) is 0 Å². The largest absolute Gasteiger partial charge is 0.481 e. The second-order valence-corrected chi connectivity index (χ2v) is 5.16. The Hall–Kier alpha value is -2.37. The number of nitrogens with one attached hydrogen (secondary N) is 2. The molecule has 0 aliphatic carbocycles. The summed E-state index contributed by atoms with van der Waals surface area (Å²) in [5.74, 6) is -1.30. The van der Waals surface area contributed by atoms with Gasteiger partial charge in [0.05, 0.1) is 0 Å². The molecule has 0 aromatic heterocycles. The van der Waals surface area contributed by atoms with Crippen LogP contribution in [0.4, 0.5) is 5.69 Å². The zero-order valence-electron chi connectivity index (χ0n) is 12.9. The van der Waals surface area contributed by atoms with Crippen LogP contribution in [0.1, 0.15) is 49.9 Å². The molecule has 1 aromatic carbocycles. The van der Waals surface area contributed by atoms with E-state index >= 15 is 0 Å². The molecule has 0 fully saturated rings. The quantitative estimate of drug-likeness (QED) is 0.687. The lowest BCUT2D eigenvalue weighted by molar-refractivity contribution is -0.137. The molecule has 6 nitrogen and oxygen atoms in total. The third-order valence-corrected chi connectivity index (χ3v) is 3.22. The topological polar surface area (TPSA) is 95.5 Å². The Morgan fingerprint density at radius 2 is 1.77 bits per heavy atom. The first-order chi connectivity index (χ1) is 10.4. The highest BCUT2D eigenvalue weighted by molar-refractivity contribution is 5.96. The molecule has 0 spiro atoms. The van der Waals surface area contributed by atoms with Gasteiger partial charge in [-0.05, 0) is 44.0 Å². The molecule has 3 N–H and O–H groups in total. The standard InChI is InChI=1S/C16H22N2O4/c1-3-11(2)17-16(22)12-7-9-13(10-8-12)18-14(19)5-4-6-15(20)21/h7-11H,3-6H2,1-2H3,(H,17,22)(H,18,19)(H,20,21). The molecule has 2 amide bonds. The van der Waals surface area contributed by atoms with Crippen molar-refractivity contribution >= 4 is 23.5 Å². The molecule has 0 saturated carbocycles. The Morgan fingerprint density at radius 3 is 2.32 bits per heavy atom. The lowest BCUT2D eigenvalue weighted by Gasteiger charge is -2.11. The van der Waals surface area contributed by atoms with Gasteiger partial charge in [-0.1, -0.05) is 6.92 Å². The minimum atomic E-state index is -0.913. The van der Waals surface area contributed by atoms with Crippen molar-refractivity contribution in [1.29, 1.82) is 0 Å². The van der Waals surface area contributed by atoms with Gasteiger partial charge in [-0.25, -0.2) is 0 Å². The number of aliphatic carboxylic acids is 1. The van der Waals surface area contributed by atoms with Crippen molar-refractivity contribution < 1.29 is 19.5 Å². The number of hydrogen-bond donors (Lipinski definition) is 3. The average Bonchev–Trinajstić information content (AvgIpc) is 2.47. The molecule has 0 heterocycles. The van der Waals surface area contributed by atoms with Crippen LogP contribution in [0.15, 0.2) is 24.3 Å². The Bertz CT molecular complexity index is 525. The van der Waals surface area contributed by atoms with Crippen LogP contribution >= 0.6 is 0 Å². The molecule has 6 heteroatoms. The maximum absolute atomic E-state index is 11.9. The zero-order chi connectivity index (χ0) is 16.5. The maximum Gasteiger partial charge on any atom is 0.303 e. The fraction of sp³-hybridized carbons (Fsp3) is 0.438. The minimum absolute atomic E-state index is 0.0257. The fourth-order valence-corrected chi connectivity index (χ4v) is 1.74. The molecule has 0 aliphatic heterocycles. The molecule has 0 radical (unpaired) electrons.